The third-order valence-electron chi connectivity index (χ3n) is 4.22. The van der Waals surface area contributed by atoms with Crippen LogP contribution >= 0.6 is 0 Å². The van der Waals surface area contributed by atoms with Crippen molar-refractivity contribution in [2.75, 3.05) is 13.1 Å². The van der Waals surface area contributed by atoms with Gasteiger partial charge in [-0.2, -0.15) is 0 Å². The molecule has 2 aliphatic rings. The Morgan fingerprint density at radius 2 is 2.05 bits per heavy atom. The van der Waals surface area contributed by atoms with Crippen molar-refractivity contribution in [2.24, 2.45) is 5.41 Å². The highest BCUT2D eigenvalue weighted by molar-refractivity contribution is 5.88. The predicted octanol–water partition coefficient (Wildman–Crippen LogP) is -0.189. The van der Waals surface area contributed by atoms with Gasteiger partial charge in [0.15, 0.2) is 0 Å². The first-order valence-corrected chi connectivity index (χ1v) is 6.77. The number of carboxylic acid groups (broad SMARTS) is 1. The molecule has 0 spiro atoms. The summed E-state index contributed by atoms with van der Waals surface area (Å²) in [4.78, 5) is 25.1. The topological polar surface area (TPSA) is 89.9 Å². The number of aliphatic carboxylic acids is 1. The summed E-state index contributed by atoms with van der Waals surface area (Å²) in [5, 5.41) is 22.0. The van der Waals surface area contributed by atoms with Crippen molar-refractivity contribution in [3.8, 4) is 0 Å². The maximum atomic E-state index is 12.6. The normalized spacial score (nSPS) is 34.3. The first-order valence-electron chi connectivity index (χ1n) is 6.77. The van der Waals surface area contributed by atoms with E-state index in [1.165, 1.54) is 4.90 Å². The summed E-state index contributed by atoms with van der Waals surface area (Å²) in [6, 6.07) is -1.27. The minimum Gasteiger partial charge on any atom is -0.480 e. The smallest absolute Gasteiger partial charge is 0.326 e. The van der Waals surface area contributed by atoms with Gasteiger partial charge in [0.05, 0.1) is 12.1 Å². The fourth-order valence-corrected chi connectivity index (χ4v) is 3.09. The molecule has 0 aromatic rings. The summed E-state index contributed by atoms with van der Waals surface area (Å²) in [7, 11) is 0. The Kier molecular flexibility index (Phi) is 3.82. The molecule has 3 atom stereocenters. The summed E-state index contributed by atoms with van der Waals surface area (Å²) >= 11 is 0. The van der Waals surface area contributed by atoms with Crippen LogP contribution < -0.4 is 5.32 Å². The molecule has 108 valence electrons. The van der Waals surface area contributed by atoms with Gasteiger partial charge in [-0.3, -0.25) is 4.79 Å². The van der Waals surface area contributed by atoms with E-state index in [1.807, 2.05) is 13.8 Å². The average molecular weight is 270 g/mol. The van der Waals surface area contributed by atoms with Crippen LogP contribution in [0.4, 0.5) is 0 Å². The number of likely N-dealkylation sites (tertiary alicyclic amines) is 1. The lowest BCUT2D eigenvalue weighted by Crippen LogP contribution is -2.58. The van der Waals surface area contributed by atoms with Gasteiger partial charge in [0, 0.05) is 13.0 Å². The van der Waals surface area contributed by atoms with Crippen molar-refractivity contribution in [1.82, 2.24) is 10.2 Å². The Hall–Kier alpha value is -1.14. The maximum absolute atomic E-state index is 12.6. The highest BCUT2D eigenvalue weighted by atomic mass is 16.4. The van der Waals surface area contributed by atoms with Crippen LogP contribution in [-0.4, -0.2) is 58.3 Å². The molecule has 1 amide bonds. The molecular weight excluding hydrogens is 248 g/mol. The lowest BCUT2D eigenvalue weighted by molar-refractivity contribution is -0.150. The Bertz CT molecular complexity index is 383. The average Bonchev–Trinajstić information content (AvgIpc) is 2.70. The molecule has 2 heterocycles. The molecule has 2 aliphatic heterocycles. The number of β-amino-alcohol motifs (C(OH)–C–C–N with tert-alkyl or cyclic N) is 1. The highest BCUT2D eigenvalue weighted by Gasteiger charge is 2.45. The van der Waals surface area contributed by atoms with E-state index in [2.05, 4.69) is 5.32 Å². The molecule has 0 aliphatic carbocycles. The third kappa shape index (κ3) is 2.74. The van der Waals surface area contributed by atoms with E-state index in [1.54, 1.807) is 0 Å². The molecular formula is C13H22N2O4. The zero-order chi connectivity index (χ0) is 14.2. The molecule has 6 nitrogen and oxygen atoms in total. The summed E-state index contributed by atoms with van der Waals surface area (Å²) in [5.41, 5.74) is -0.189. The molecule has 19 heavy (non-hydrogen) atoms. The van der Waals surface area contributed by atoms with Crippen LogP contribution in [0.3, 0.4) is 0 Å². The zero-order valence-corrected chi connectivity index (χ0v) is 11.4. The van der Waals surface area contributed by atoms with Crippen LogP contribution in [0.1, 0.15) is 33.1 Å². The Labute approximate surface area is 112 Å². The number of carboxylic acids is 1. The molecule has 2 saturated heterocycles. The second-order valence-electron chi connectivity index (χ2n) is 6.21. The van der Waals surface area contributed by atoms with Crippen LogP contribution in [0.5, 0.6) is 0 Å². The quantitative estimate of drug-likeness (QED) is 0.647. The molecule has 6 heteroatoms. The van der Waals surface area contributed by atoms with Crippen LogP contribution in [0.15, 0.2) is 0 Å². The number of amides is 1. The summed E-state index contributed by atoms with van der Waals surface area (Å²) in [5.74, 6) is -1.24. The fourth-order valence-electron chi connectivity index (χ4n) is 3.09. The number of hydrogen-bond donors (Lipinski definition) is 3. The van der Waals surface area contributed by atoms with Crippen molar-refractivity contribution in [3.05, 3.63) is 0 Å². The van der Waals surface area contributed by atoms with Gasteiger partial charge in [0.25, 0.3) is 0 Å². The maximum Gasteiger partial charge on any atom is 0.326 e. The summed E-state index contributed by atoms with van der Waals surface area (Å²) in [6.45, 7) is 4.92. The van der Waals surface area contributed by atoms with Gasteiger partial charge in [0.1, 0.15) is 6.04 Å². The first kappa shape index (κ1) is 14.3. The lowest BCUT2D eigenvalue weighted by atomic mass is 9.77. The summed E-state index contributed by atoms with van der Waals surface area (Å²) < 4.78 is 0. The monoisotopic (exact) mass is 270 g/mol. The molecule has 0 aromatic carbocycles. The predicted molar refractivity (Wildman–Crippen MR) is 68.6 cm³/mol. The highest BCUT2D eigenvalue weighted by Crippen LogP contribution is 2.32. The molecule has 0 saturated carbocycles. The number of hydrogen-bond acceptors (Lipinski definition) is 4. The molecule has 3 N–H and O–H groups in total. The number of rotatable bonds is 2. The lowest BCUT2D eigenvalue weighted by Gasteiger charge is -2.40. The fraction of sp³-hybridized carbons (Fsp3) is 0.846. The van der Waals surface area contributed by atoms with Gasteiger partial charge in [0.2, 0.25) is 5.91 Å². The number of aliphatic hydroxyl groups excluding tert-OH is 1. The van der Waals surface area contributed by atoms with Gasteiger partial charge in [-0.15, -0.1) is 0 Å². The van der Waals surface area contributed by atoms with Crippen molar-refractivity contribution >= 4 is 11.9 Å². The van der Waals surface area contributed by atoms with Gasteiger partial charge >= 0.3 is 5.97 Å². The second-order valence-corrected chi connectivity index (χ2v) is 6.21. The van der Waals surface area contributed by atoms with Gasteiger partial charge in [-0.05, 0) is 24.8 Å². The molecule has 2 fully saturated rings. The summed E-state index contributed by atoms with van der Waals surface area (Å²) in [6.07, 6.45) is 1.33. The Balaban J connectivity index is 2.16. The third-order valence-corrected chi connectivity index (χ3v) is 4.22. The number of nitrogens with zero attached hydrogens (tertiary/aromatic N) is 1. The van der Waals surface area contributed by atoms with E-state index >= 15 is 0 Å². The van der Waals surface area contributed by atoms with Crippen LogP contribution in [0.25, 0.3) is 0 Å². The number of carbonyl (C=O) groups excluding carboxylic acids is 1. The molecule has 0 radical (unpaired) electrons. The molecule has 2 rings (SSSR count). The van der Waals surface area contributed by atoms with E-state index < -0.39 is 18.1 Å². The largest absolute Gasteiger partial charge is 0.480 e. The van der Waals surface area contributed by atoms with Crippen LogP contribution in [0, 0.1) is 5.41 Å². The number of piperidine rings is 1. The van der Waals surface area contributed by atoms with Crippen LogP contribution in [0.2, 0.25) is 0 Å². The van der Waals surface area contributed by atoms with Crippen molar-refractivity contribution in [3.63, 3.8) is 0 Å². The zero-order valence-electron chi connectivity index (χ0n) is 11.4. The van der Waals surface area contributed by atoms with E-state index in [9.17, 15) is 14.7 Å². The number of aliphatic hydroxyl groups is 1. The molecule has 2 unspecified atom stereocenters. The Morgan fingerprint density at radius 3 is 2.63 bits per heavy atom. The van der Waals surface area contributed by atoms with Gasteiger partial charge in [-0.1, -0.05) is 13.8 Å². The second kappa shape index (κ2) is 5.09. The Morgan fingerprint density at radius 1 is 1.37 bits per heavy atom. The first-order chi connectivity index (χ1) is 8.83. The van der Waals surface area contributed by atoms with Gasteiger partial charge in [-0.25, -0.2) is 4.79 Å². The minimum absolute atomic E-state index is 0.115. The van der Waals surface area contributed by atoms with Crippen molar-refractivity contribution in [2.45, 2.75) is 51.3 Å². The number of nitrogens with one attached hydrogen (secondary N) is 1. The van der Waals surface area contributed by atoms with E-state index in [4.69, 9.17) is 5.11 Å². The standard InChI is InChI=1S/C13H22N2O4/c1-13(2)4-3-5-14-10(13)11(17)15-7-8(16)6-9(15)12(18)19/h8-10,14,16H,3-7H2,1-2H3,(H,18,19)/t8?,9-,10?/m0/s1. The van der Waals surface area contributed by atoms with E-state index in [0.29, 0.717) is 0 Å². The SMILES string of the molecule is CC1(C)CCCNC1C(=O)N1CC(O)C[C@H]1C(=O)O. The molecule has 0 aromatic heterocycles. The van der Waals surface area contributed by atoms with Crippen molar-refractivity contribution < 1.29 is 19.8 Å². The minimum atomic E-state index is -1.04. The van der Waals surface area contributed by atoms with E-state index in [-0.39, 0.29) is 30.3 Å². The van der Waals surface area contributed by atoms with Crippen LogP contribution in [-0.2, 0) is 9.59 Å². The van der Waals surface area contributed by atoms with Gasteiger partial charge < -0.3 is 20.4 Å². The molecule has 0 bridgehead atoms. The number of carbonyl (C=O) groups is 2. The van der Waals surface area contributed by atoms with Crippen molar-refractivity contribution in [1.29, 1.82) is 0 Å². The van der Waals surface area contributed by atoms with E-state index in [0.717, 1.165) is 19.4 Å².